The molecule has 0 bridgehead atoms. The average Bonchev–Trinajstić information content (AvgIpc) is 2.33. The van der Waals surface area contributed by atoms with Crippen molar-refractivity contribution in [2.45, 2.75) is 16.9 Å². The quantitative estimate of drug-likeness (QED) is 0.784. The van der Waals surface area contributed by atoms with Crippen molar-refractivity contribution in [3.63, 3.8) is 0 Å². The molecule has 4 nitrogen and oxygen atoms in total. The summed E-state index contributed by atoms with van der Waals surface area (Å²) in [6, 6.07) is 6.08. The van der Waals surface area contributed by atoms with Gasteiger partial charge in [-0.25, -0.2) is 13.1 Å². The third kappa shape index (κ3) is 5.39. The van der Waals surface area contributed by atoms with Crippen molar-refractivity contribution in [1.29, 1.82) is 0 Å². The number of thioether (sulfide) groups is 1. The minimum absolute atomic E-state index is 0.00508. The maximum absolute atomic E-state index is 11.9. The zero-order chi connectivity index (χ0) is 14.5. The summed E-state index contributed by atoms with van der Waals surface area (Å²) in [4.78, 5) is -0.00508. The molecule has 0 unspecified atom stereocenters. The zero-order valence-corrected chi connectivity index (χ0v) is 11.4. The van der Waals surface area contributed by atoms with Crippen molar-refractivity contribution >= 4 is 21.8 Å². The molecular formula is C10H13F3N2O2S2. The Labute approximate surface area is 113 Å². The number of nitrogens with two attached hydrogens (primary N) is 1. The van der Waals surface area contributed by atoms with Crippen molar-refractivity contribution in [2.24, 2.45) is 5.73 Å². The fourth-order valence-electron chi connectivity index (χ4n) is 1.36. The lowest BCUT2D eigenvalue weighted by Crippen LogP contribution is -2.28. The van der Waals surface area contributed by atoms with Crippen molar-refractivity contribution in [3.05, 3.63) is 29.8 Å². The van der Waals surface area contributed by atoms with Gasteiger partial charge in [0.2, 0.25) is 10.0 Å². The van der Waals surface area contributed by atoms with Gasteiger partial charge in [-0.3, -0.25) is 0 Å². The fourth-order valence-corrected chi connectivity index (χ4v) is 3.20. The molecule has 0 radical (unpaired) electrons. The Hall–Kier alpha value is -0.770. The molecule has 0 fully saturated rings. The van der Waals surface area contributed by atoms with Crippen LogP contribution >= 0.6 is 11.8 Å². The molecule has 1 aromatic rings. The molecule has 0 aliphatic rings. The molecule has 0 amide bonds. The number of sulfonamides is 1. The first kappa shape index (κ1) is 16.3. The summed E-state index contributed by atoms with van der Waals surface area (Å²) in [7, 11) is -3.83. The molecule has 1 aromatic carbocycles. The topological polar surface area (TPSA) is 72.2 Å². The normalized spacial score (nSPS) is 12.6. The van der Waals surface area contributed by atoms with Gasteiger partial charge in [-0.2, -0.15) is 13.2 Å². The third-order valence-corrected chi connectivity index (χ3v) is 4.44. The summed E-state index contributed by atoms with van der Waals surface area (Å²) in [5.41, 5.74) is 1.47. The summed E-state index contributed by atoms with van der Waals surface area (Å²) in [5.74, 6) is -0.381. The standard InChI is InChI=1S/C10H13F3N2O2S2/c11-10(12,13)18-6-5-15-19(16,17)9-4-2-1-3-8(9)7-14/h1-4,15H,5-7,14H2. The number of halogens is 3. The Kier molecular flexibility index (Phi) is 5.65. The molecular weight excluding hydrogens is 301 g/mol. The highest BCUT2D eigenvalue weighted by Crippen LogP contribution is 2.29. The molecule has 108 valence electrons. The second-order valence-corrected chi connectivity index (χ2v) is 6.40. The molecule has 0 aromatic heterocycles. The van der Waals surface area contributed by atoms with Crippen LogP contribution in [0.5, 0.6) is 0 Å². The Morgan fingerprint density at radius 2 is 1.89 bits per heavy atom. The van der Waals surface area contributed by atoms with Crippen LogP contribution in [0.3, 0.4) is 0 Å². The maximum atomic E-state index is 11.9. The molecule has 0 saturated carbocycles. The number of nitrogens with one attached hydrogen (secondary N) is 1. The van der Waals surface area contributed by atoms with Crippen LogP contribution in [0.15, 0.2) is 29.2 Å². The van der Waals surface area contributed by atoms with Gasteiger partial charge in [-0.15, -0.1) is 0 Å². The molecule has 0 saturated heterocycles. The van der Waals surface area contributed by atoms with Crippen molar-refractivity contribution < 1.29 is 21.6 Å². The van der Waals surface area contributed by atoms with Gasteiger partial charge in [0.25, 0.3) is 0 Å². The first-order valence-corrected chi connectivity index (χ1v) is 7.71. The van der Waals surface area contributed by atoms with Crippen molar-refractivity contribution in [3.8, 4) is 0 Å². The Morgan fingerprint density at radius 3 is 2.47 bits per heavy atom. The van der Waals surface area contributed by atoms with Crippen LogP contribution in [0.25, 0.3) is 0 Å². The number of rotatable bonds is 6. The van der Waals surface area contributed by atoms with Gasteiger partial charge in [0, 0.05) is 18.8 Å². The van der Waals surface area contributed by atoms with Crippen LogP contribution in [0, 0.1) is 0 Å². The van der Waals surface area contributed by atoms with Gasteiger partial charge in [0.1, 0.15) is 0 Å². The monoisotopic (exact) mass is 314 g/mol. The van der Waals surface area contributed by atoms with E-state index in [9.17, 15) is 21.6 Å². The lowest BCUT2D eigenvalue weighted by Gasteiger charge is -2.10. The summed E-state index contributed by atoms with van der Waals surface area (Å²) in [5, 5.41) is 0. The van der Waals surface area contributed by atoms with Gasteiger partial charge in [-0.05, 0) is 23.4 Å². The molecule has 9 heteroatoms. The van der Waals surface area contributed by atoms with Gasteiger partial charge < -0.3 is 5.73 Å². The van der Waals surface area contributed by atoms with E-state index < -0.39 is 15.5 Å². The first-order valence-electron chi connectivity index (χ1n) is 5.24. The lowest BCUT2D eigenvalue weighted by molar-refractivity contribution is -0.0327. The van der Waals surface area contributed by atoms with E-state index in [4.69, 9.17) is 5.73 Å². The van der Waals surface area contributed by atoms with Crippen LogP contribution in [0.2, 0.25) is 0 Å². The van der Waals surface area contributed by atoms with Gasteiger partial charge in [0.15, 0.2) is 0 Å². The fraction of sp³-hybridized carbons (Fsp3) is 0.400. The van der Waals surface area contributed by atoms with E-state index in [0.29, 0.717) is 5.56 Å². The van der Waals surface area contributed by atoms with Crippen LogP contribution < -0.4 is 10.5 Å². The van der Waals surface area contributed by atoms with E-state index in [1.54, 1.807) is 12.1 Å². The third-order valence-electron chi connectivity index (χ3n) is 2.14. The van der Waals surface area contributed by atoms with Gasteiger partial charge >= 0.3 is 5.51 Å². The van der Waals surface area contributed by atoms with E-state index in [1.165, 1.54) is 12.1 Å². The largest absolute Gasteiger partial charge is 0.441 e. The van der Waals surface area contributed by atoms with Crippen LogP contribution in [0.4, 0.5) is 13.2 Å². The lowest BCUT2D eigenvalue weighted by atomic mass is 10.2. The molecule has 0 atom stereocenters. The number of alkyl halides is 3. The van der Waals surface area contributed by atoms with E-state index in [2.05, 4.69) is 4.72 Å². The van der Waals surface area contributed by atoms with Crippen LogP contribution in [-0.4, -0.2) is 26.2 Å². The van der Waals surface area contributed by atoms with E-state index in [1.807, 2.05) is 0 Å². The maximum Gasteiger partial charge on any atom is 0.441 e. The smallest absolute Gasteiger partial charge is 0.326 e. The highest BCUT2D eigenvalue weighted by atomic mass is 32.2. The molecule has 1 rings (SSSR count). The highest BCUT2D eigenvalue weighted by molar-refractivity contribution is 8.00. The van der Waals surface area contributed by atoms with Crippen LogP contribution in [0.1, 0.15) is 5.56 Å². The Bertz CT molecular complexity index is 518. The second kappa shape index (κ2) is 6.60. The summed E-state index contributed by atoms with van der Waals surface area (Å²) in [6.45, 7) is -0.264. The van der Waals surface area contributed by atoms with E-state index in [0.717, 1.165) is 0 Å². The summed E-state index contributed by atoms with van der Waals surface area (Å²) >= 11 is -0.272. The Morgan fingerprint density at radius 1 is 1.26 bits per heavy atom. The minimum atomic E-state index is -4.36. The van der Waals surface area contributed by atoms with Gasteiger partial charge in [-0.1, -0.05) is 18.2 Å². The first-order chi connectivity index (χ1) is 8.76. The van der Waals surface area contributed by atoms with Crippen LogP contribution in [-0.2, 0) is 16.6 Å². The van der Waals surface area contributed by atoms with Crippen molar-refractivity contribution in [1.82, 2.24) is 4.72 Å². The molecule has 0 aliphatic heterocycles. The molecule has 0 heterocycles. The minimum Gasteiger partial charge on any atom is -0.326 e. The predicted molar refractivity (Wildman–Crippen MR) is 68.0 cm³/mol. The number of hydrogen-bond donors (Lipinski definition) is 2. The summed E-state index contributed by atoms with van der Waals surface area (Å²) < 4.78 is 61.5. The molecule has 19 heavy (non-hydrogen) atoms. The predicted octanol–water partition coefficient (Wildman–Crippen LogP) is 1.68. The highest BCUT2D eigenvalue weighted by Gasteiger charge is 2.27. The zero-order valence-electron chi connectivity index (χ0n) is 9.77. The SMILES string of the molecule is NCc1ccccc1S(=O)(=O)NCCSC(F)(F)F. The van der Waals surface area contributed by atoms with Crippen molar-refractivity contribution in [2.75, 3.05) is 12.3 Å². The number of hydrogen-bond acceptors (Lipinski definition) is 4. The second-order valence-electron chi connectivity index (χ2n) is 3.50. The number of benzene rings is 1. The average molecular weight is 314 g/mol. The van der Waals surface area contributed by atoms with E-state index in [-0.39, 0.29) is 35.5 Å². The molecule has 3 N–H and O–H groups in total. The molecule has 0 spiro atoms. The molecule has 0 aliphatic carbocycles. The van der Waals surface area contributed by atoms with E-state index >= 15 is 0 Å². The van der Waals surface area contributed by atoms with Gasteiger partial charge in [0.05, 0.1) is 4.90 Å². The Balaban J connectivity index is 2.66. The summed E-state index contributed by atoms with van der Waals surface area (Å²) in [6.07, 6.45) is 0.